The minimum atomic E-state index is 0.240. The maximum atomic E-state index is 9.41. The van der Waals surface area contributed by atoms with Gasteiger partial charge in [0.25, 0.3) is 0 Å². The molecule has 0 unspecified atom stereocenters. The van der Waals surface area contributed by atoms with E-state index in [1.165, 1.54) is 10.3 Å². The summed E-state index contributed by atoms with van der Waals surface area (Å²) < 4.78 is 1.24. The summed E-state index contributed by atoms with van der Waals surface area (Å²) in [6.07, 6.45) is 3.09. The Kier molecular flexibility index (Phi) is 5.30. The van der Waals surface area contributed by atoms with Crippen LogP contribution in [0, 0.1) is 0 Å². The minimum Gasteiger partial charge on any atom is -0.396 e. The molecule has 1 fully saturated rings. The molecule has 124 valence electrons. The normalized spacial score (nSPS) is 19.3. The van der Waals surface area contributed by atoms with Crippen LogP contribution >= 0.6 is 11.3 Å². The van der Waals surface area contributed by atoms with Crippen molar-refractivity contribution in [3.8, 4) is 0 Å². The maximum absolute atomic E-state index is 9.41. The van der Waals surface area contributed by atoms with Gasteiger partial charge < -0.3 is 10.0 Å². The molecule has 0 saturated carbocycles. The van der Waals surface area contributed by atoms with Gasteiger partial charge in [0.15, 0.2) is 5.13 Å². The molecule has 4 nitrogen and oxygen atoms in total. The van der Waals surface area contributed by atoms with Gasteiger partial charge >= 0.3 is 0 Å². The first kappa shape index (κ1) is 16.4. The average Bonchev–Trinajstić information content (AvgIpc) is 2.98. The molecule has 3 rings (SSSR count). The second kappa shape index (κ2) is 7.43. The highest BCUT2D eigenvalue weighted by atomic mass is 32.1. The zero-order valence-electron chi connectivity index (χ0n) is 13.9. The van der Waals surface area contributed by atoms with Crippen LogP contribution in [0.3, 0.4) is 0 Å². The standard InChI is InChI=1S/C18H25N3OS/c1-14(2)7-9-20-10-11-21(13-15(20)8-12-22)18-19-16-5-3-4-6-17(16)23-18/h3-7,15,22H,8-13H2,1-2H3/t15-/m0/s1. The Labute approximate surface area is 142 Å². The Balaban J connectivity index is 1.74. The first-order valence-corrected chi connectivity index (χ1v) is 9.08. The highest BCUT2D eigenvalue weighted by Gasteiger charge is 2.27. The van der Waals surface area contributed by atoms with E-state index in [1.807, 2.05) is 6.07 Å². The fourth-order valence-electron chi connectivity index (χ4n) is 3.02. The Hall–Kier alpha value is -1.43. The number of aliphatic hydroxyl groups is 1. The van der Waals surface area contributed by atoms with Gasteiger partial charge in [-0.25, -0.2) is 4.98 Å². The molecule has 0 bridgehead atoms. The molecule has 1 atom stereocenters. The Bertz CT molecular complexity index is 645. The lowest BCUT2D eigenvalue weighted by Gasteiger charge is -2.41. The summed E-state index contributed by atoms with van der Waals surface area (Å²) >= 11 is 1.77. The van der Waals surface area contributed by atoms with Crippen LogP contribution < -0.4 is 4.90 Å². The van der Waals surface area contributed by atoms with Crippen LogP contribution in [0.25, 0.3) is 10.2 Å². The molecule has 23 heavy (non-hydrogen) atoms. The molecule has 1 aliphatic heterocycles. The third-order valence-electron chi connectivity index (χ3n) is 4.35. The van der Waals surface area contributed by atoms with Crippen molar-refractivity contribution in [2.45, 2.75) is 26.3 Å². The number of anilines is 1. The highest BCUT2D eigenvalue weighted by Crippen LogP contribution is 2.30. The molecule has 1 aromatic heterocycles. The lowest BCUT2D eigenvalue weighted by molar-refractivity contribution is 0.155. The average molecular weight is 331 g/mol. The fraction of sp³-hybridized carbons (Fsp3) is 0.500. The first-order chi connectivity index (χ1) is 11.2. The number of aliphatic hydroxyl groups excluding tert-OH is 1. The number of benzene rings is 1. The van der Waals surface area contributed by atoms with Gasteiger partial charge in [-0.05, 0) is 32.4 Å². The number of hydrogen-bond acceptors (Lipinski definition) is 5. The van der Waals surface area contributed by atoms with Crippen LogP contribution in [-0.4, -0.2) is 53.8 Å². The van der Waals surface area contributed by atoms with Crippen molar-refractivity contribution in [3.05, 3.63) is 35.9 Å². The first-order valence-electron chi connectivity index (χ1n) is 8.26. The number of aromatic nitrogens is 1. The van der Waals surface area contributed by atoms with Crippen molar-refractivity contribution in [2.75, 3.05) is 37.7 Å². The van der Waals surface area contributed by atoms with Gasteiger partial charge in [-0.2, -0.15) is 0 Å². The van der Waals surface area contributed by atoms with Crippen LogP contribution in [0.5, 0.6) is 0 Å². The number of piperazine rings is 1. The lowest BCUT2D eigenvalue weighted by Crippen LogP contribution is -2.53. The molecule has 1 aromatic carbocycles. The van der Waals surface area contributed by atoms with E-state index >= 15 is 0 Å². The largest absolute Gasteiger partial charge is 0.396 e. The van der Waals surface area contributed by atoms with Crippen LogP contribution in [0.4, 0.5) is 5.13 Å². The molecule has 1 saturated heterocycles. The van der Waals surface area contributed by atoms with Gasteiger partial charge in [0, 0.05) is 38.8 Å². The van der Waals surface area contributed by atoms with Crippen LogP contribution in [0.2, 0.25) is 0 Å². The van der Waals surface area contributed by atoms with Gasteiger partial charge in [-0.1, -0.05) is 35.1 Å². The number of rotatable bonds is 5. The Morgan fingerprint density at radius 1 is 1.35 bits per heavy atom. The second-order valence-electron chi connectivity index (χ2n) is 6.35. The van der Waals surface area contributed by atoms with E-state index in [2.05, 4.69) is 47.9 Å². The summed E-state index contributed by atoms with van der Waals surface area (Å²) in [4.78, 5) is 9.64. The SMILES string of the molecule is CC(C)=CCN1CCN(c2nc3ccccc3s2)C[C@@H]1CCO. The van der Waals surface area contributed by atoms with E-state index in [-0.39, 0.29) is 6.61 Å². The number of para-hydroxylation sites is 1. The Morgan fingerprint density at radius 3 is 2.91 bits per heavy atom. The number of nitrogens with zero attached hydrogens (tertiary/aromatic N) is 3. The number of allylic oxidation sites excluding steroid dienone is 1. The molecule has 1 N–H and O–H groups in total. The molecule has 5 heteroatoms. The molecular formula is C18H25N3OS. The molecule has 1 aliphatic rings. The predicted octanol–water partition coefficient (Wildman–Crippen LogP) is 3.14. The van der Waals surface area contributed by atoms with Gasteiger partial charge in [0.1, 0.15) is 0 Å². The zero-order chi connectivity index (χ0) is 16.2. The predicted molar refractivity (Wildman–Crippen MR) is 98.3 cm³/mol. The summed E-state index contributed by atoms with van der Waals surface area (Å²) in [5.41, 5.74) is 2.43. The van der Waals surface area contributed by atoms with Crippen LogP contribution in [0.1, 0.15) is 20.3 Å². The minimum absolute atomic E-state index is 0.240. The topological polar surface area (TPSA) is 39.6 Å². The zero-order valence-corrected chi connectivity index (χ0v) is 14.7. The Morgan fingerprint density at radius 2 is 2.17 bits per heavy atom. The summed E-state index contributed by atoms with van der Waals surface area (Å²) in [6, 6.07) is 8.70. The molecule has 0 aliphatic carbocycles. The van der Waals surface area contributed by atoms with Crippen LogP contribution in [0.15, 0.2) is 35.9 Å². The summed E-state index contributed by atoms with van der Waals surface area (Å²) in [5, 5.41) is 10.5. The van der Waals surface area contributed by atoms with E-state index in [0.717, 1.165) is 43.2 Å². The van der Waals surface area contributed by atoms with Crippen LogP contribution in [-0.2, 0) is 0 Å². The molecule has 2 heterocycles. The van der Waals surface area contributed by atoms with E-state index in [0.29, 0.717) is 6.04 Å². The quantitative estimate of drug-likeness (QED) is 0.855. The maximum Gasteiger partial charge on any atom is 0.186 e. The van der Waals surface area contributed by atoms with Crippen molar-refractivity contribution in [2.24, 2.45) is 0 Å². The van der Waals surface area contributed by atoms with E-state index in [4.69, 9.17) is 4.98 Å². The second-order valence-corrected chi connectivity index (χ2v) is 7.36. The van der Waals surface area contributed by atoms with E-state index in [9.17, 15) is 5.11 Å². The van der Waals surface area contributed by atoms with Crippen molar-refractivity contribution < 1.29 is 5.11 Å². The summed E-state index contributed by atoms with van der Waals surface area (Å²) in [6.45, 7) is 8.45. The molecule has 2 aromatic rings. The summed E-state index contributed by atoms with van der Waals surface area (Å²) in [5.74, 6) is 0. The number of hydrogen-bond donors (Lipinski definition) is 1. The van der Waals surface area contributed by atoms with Crippen molar-refractivity contribution >= 4 is 26.7 Å². The molecule has 0 amide bonds. The van der Waals surface area contributed by atoms with Crippen molar-refractivity contribution in [3.63, 3.8) is 0 Å². The molecule has 0 radical (unpaired) electrons. The monoisotopic (exact) mass is 331 g/mol. The van der Waals surface area contributed by atoms with E-state index < -0.39 is 0 Å². The van der Waals surface area contributed by atoms with Gasteiger partial charge in [-0.15, -0.1) is 0 Å². The van der Waals surface area contributed by atoms with Gasteiger partial charge in [-0.3, -0.25) is 4.90 Å². The molecule has 0 spiro atoms. The highest BCUT2D eigenvalue weighted by molar-refractivity contribution is 7.22. The third kappa shape index (κ3) is 3.91. The smallest absolute Gasteiger partial charge is 0.186 e. The van der Waals surface area contributed by atoms with Gasteiger partial charge in [0.2, 0.25) is 0 Å². The van der Waals surface area contributed by atoms with Crippen molar-refractivity contribution in [1.82, 2.24) is 9.88 Å². The number of fused-ring (bicyclic) bond motifs is 1. The summed E-state index contributed by atoms with van der Waals surface area (Å²) in [7, 11) is 0. The van der Waals surface area contributed by atoms with E-state index in [1.54, 1.807) is 11.3 Å². The third-order valence-corrected chi connectivity index (χ3v) is 5.45. The molecular weight excluding hydrogens is 306 g/mol. The lowest BCUT2D eigenvalue weighted by atomic mass is 10.1. The fourth-order valence-corrected chi connectivity index (χ4v) is 4.03. The van der Waals surface area contributed by atoms with Gasteiger partial charge in [0.05, 0.1) is 10.2 Å². The number of thiazole rings is 1. The van der Waals surface area contributed by atoms with Crippen molar-refractivity contribution in [1.29, 1.82) is 0 Å².